The van der Waals surface area contributed by atoms with E-state index in [-0.39, 0.29) is 19.1 Å². The molecular formula is C47H88N2O6P+. The number of hydrogen-bond donors (Lipinski definition) is 3. The number of unbranched alkanes of at least 4 members (excludes halogenated alkanes) is 19. The lowest BCUT2D eigenvalue weighted by Gasteiger charge is -2.25. The van der Waals surface area contributed by atoms with Gasteiger partial charge < -0.3 is 19.8 Å². The monoisotopic (exact) mass is 808 g/mol. The second-order valence-electron chi connectivity index (χ2n) is 16.4. The van der Waals surface area contributed by atoms with Crippen LogP contribution >= 0.6 is 7.82 Å². The number of aliphatic hydroxyl groups excluding tert-OH is 1. The van der Waals surface area contributed by atoms with Gasteiger partial charge in [0.15, 0.2) is 0 Å². The number of phosphoric ester groups is 1. The number of allylic oxidation sites excluding steroid dienone is 9. The molecule has 0 aromatic rings. The summed E-state index contributed by atoms with van der Waals surface area (Å²) in [5.41, 5.74) is 0. The van der Waals surface area contributed by atoms with Gasteiger partial charge in [-0.15, -0.1) is 0 Å². The summed E-state index contributed by atoms with van der Waals surface area (Å²) in [5.74, 6) is -0.218. The normalized spacial score (nSPS) is 14.9. The molecule has 0 bridgehead atoms. The van der Waals surface area contributed by atoms with Crippen LogP contribution in [0.15, 0.2) is 60.8 Å². The summed E-state index contributed by atoms with van der Waals surface area (Å²) >= 11 is 0. The molecule has 3 N–H and O–H groups in total. The quantitative estimate of drug-likeness (QED) is 0.0246. The van der Waals surface area contributed by atoms with Crippen LogP contribution in [0.3, 0.4) is 0 Å². The van der Waals surface area contributed by atoms with E-state index < -0.39 is 20.0 Å². The van der Waals surface area contributed by atoms with Crippen molar-refractivity contribution in [2.24, 2.45) is 0 Å². The molecule has 0 radical (unpaired) electrons. The summed E-state index contributed by atoms with van der Waals surface area (Å²) in [6.07, 6.45) is 50.2. The highest BCUT2D eigenvalue weighted by Crippen LogP contribution is 2.43. The van der Waals surface area contributed by atoms with Crippen molar-refractivity contribution < 1.29 is 32.9 Å². The van der Waals surface area contributed by atoms with Crippen molar-refractivity contribution in [3.05, 3.63) is 60.8 Å². The average molecular weight is 808 g/mol. The zero-order valence-electron chi connectivity index (χ0n) is 36.9. The number of carbonyl (C=O) groups excluding carboxylic acids is 1. The predicted molar refractivity (Wildman–Crippen MR) is 240 cm³/mol. The third kappa shape index (κ3) is 40.4. The maximum Gasteiger partial charge on any atom is 0.472 e. The SMILES string of the molecule is CC/C=C\C/C=C\C/C=C\CCCCCC(=O)NC(COP(=O)(O)OCC[N+](C)(C)C)C(O)/C=C/CC/C=C/CCCCCCCCCCCCCCCCC. The minimum absolute atomic E-state index is 0.0479. The highest BCUT2D eigenvalue weighted by atomic mass is 31.2. The standard InChI is InChI=1S/C47H87N2O6P/c1-6-8-10-12-14-16-18-20-21-22-23-24-25-26-27-29-30-32-34-36-38-40-46(50)45(44-55-56(52,53)54-43-42-49(3,4)5)48-47(51)41-39-37-35-33-31-28-19-17-15-13-11-9-7-2/h9,11,15,17,28,30-32,38,40,45-46,50H,6-8,10,12-14,16,18-27,29,33-37,39,41-44H2,1-5H3,(H-,48,51,52,53)/p+1/b11-9-,17-15-,31-28-,32-30+,40-38+. The first-order valence-electron chi connectivity index (χ1n) is 22.7. The summed E-state index contributed by atoms with van der Waals surface area (Å²) in [4.78, 5) is 23.1. The zero-order chi connectivity index (χ0) is 41.4. The molecule has 8 nitrogen and oxygen atoms in total. The Kier molecular flexibility index (Phi) is 37.5. The molecule has 0 rings (SSSR count). The first-order valence-corrected chi connectivity index (χ1v) is 24.2. The van der Waals surface area contributed by atoms with Gasteiger partial charge in [0.1, 0.15) is 13.2 Å². The van der Waals surface area contributed by atoms with Crippen molar-refractivity contribution in [3.8, 4) is 0 Å². The Balaban J connectivity index is 4.46. The predicted octanol–water partition coefficient (Wildman–Crippen LogP) is 12.6. The molecule has 1 amide bonds. The second kappa shape index (κ2) is 38.7. The van der Waals surface area contributed by atoms with E-state index in [0.29, 0.717) is 17.4 Å². The fourth-order valence-electron chi connectivity index (χ4n) is 6.13. The Morgan fingerprint density at radius 1 is 0.625 bits per heavy atom. The number of carbonyl (C=O) groups is 1. The lowest BCUT2D eigenvalue weighted by molar-refractivity contribution is -0.870. The van der Waals surface area contributed by atoms with Crippen molar-refractivity contribution in [1.82, 2.24) is 5.32 Å². The summed E-state index contributed by atoms with van der Waals surface area (Å²) in [6, 6.07) is -0.879. The minimum Gasteiger partial charge on any atom is -0.387 e. The van der Waals surface area contributed by atoms with Crippen LogP contribution in [-0.4, -0.2) is 73.4 Å². The minimum atomic E-state index is -4.35. The fourth-order valence-corrected chi connectivity index (χ4v) is 6.86. The molecule has 0 aliphatic carbocycles. The van der Waals surface area contributed by atoms with Crippen molar-refractivity contribution in [2.45, 2.75) is 193 Å². The van der Waals surface area contributed by atoms with Gasteiger partial charge in [-0.1, -0.05) is 171 Å². The summed E-state index contributed by atoms with van der Waals surface area (Å²) in [5, 5.41) is 13.8. The van der Waals surface area contributed by atoms with Crippen LogP contribution < -0.4 is 5.32 Å². The molecule has 0 aromatic heterocycles. The summed E-state index contributed by atoms with van der Waals surface area (Å²) in [6.45, 7) is 4.64. The van der Waals surface area contributed by atoms with Crippen LogP contribution in [0.25, 0.3) is 0 Å². The summed E-state index contributed by atoms with van der Waals surface area (Å²) < 4.78 is 23.5. The Morgan fingerprint density at radius 2 is 1.09 bits per heavy atom. The number of likely N-dealkylation sites (N-methyl/N-ethyl adjacent to an activating group) is 1. The van der Waals surface area contributed by atoms with E-state index in [0.717, 1.165) is 64.2 Å². The van der Waals surface area contributed by atoms with E-state index in [9.17, 15) is 19.4 Å². The molecule has 0 heterocycles. The van der Waals surface area contributed by atoms with Crippen molar-refractivity contribution in [3.63, 3.8) is 0 Å². The molecule has 326 valence electrons. The van der Waals surface area contributed by atoms with Gasteiger partial charge in [0, 0.05) is 6.42 Å². The topological polar surface area (TPSA) is 105 Å². The molecule has 0 saturated heterocycles. The number of nitrogens with one attached hydrogen (secondary N) is 1. The van der Waals surface area contributed by atoms with Gasteiger partial charge in [0.2, 0.25) is 5.91 Å². The molecule has 9 heteroatoms. The zero-order valence-corrected chi connectivity index (χ0v) is 37.8. The van der Waals surface area contributed by atoms with Crippen LogP contribution in [0.5, 0.6) is 0 Å². The molecule has 0 aliphatic heterocycles. The molecular weight excluding hydrogens is 719 g/mol. The second-order valence-corrected chi connectivity index (χ2v) is 17.8. The van der Waals surface area contributed by atoms with E-state index in [1.165, 1.54) is 96.3 Å². The number of hydrogen-bond acceptors (Lipinski definition) is 5. The van der Waals surface area contributed by atoms with Gasteiger partial charge in [0.05, 0.1) is 39.9 Å². The van der Waals surface area contributed by atoms with E-state index in [4.69, 9.17) is 9.05 Å². The largest absolute Gasteiger partial charge is 0.472 e. The third-order valence-corrected chi connectivity index (χ3v) is 10.7. The number of amides is 1. The van der Waals surface area contributed by atoms with Crippen LogP contribution in [0.4, 0.5) is 0 Å². The first-order chi connectivity index (χ1) is 27.0. The summed E-state index contributed by atoms with van der Waals surface area (Å²) in [7, 11) is 1.53. The fraction of sp³-hybridized carbons (Fsp3) is 0.766. The molecule has 0 aromatic carbocycles. The van der Waals surface area contributed by atoms with Crippen molar-refractivity contribution >= 4 is 13.7 Å². The van der Waals surface area contributed by atoms with Crippen LogP contribution in [0.2, 0.25) is 0 Å². The lowest BCUT2D eigenvalue weighted by Crippen LogP contribution is -2.45. The maximum atomic E-state index is 12.8. The van der Waals surface area contributed by atoms with Gasteiger partial charge in [0.25, 0.3) is 0 Å². The Morgan fingerprint density at radius 3 is 1.64 bits per heavy atom. The number of nitrogens with zero attached hydrogens (tertiary/aromatic N) is 1. The number of aliphatic hydroxyl groups is 1. The van der Waals surface area contributed by atoms with E-state index in [1.807, 2.05) is 27.2 Å². The molecule has 0 fully saturated rings. The Labute approximate surface area is 345 Å². The molecule has 0 saturated carbocycles. The highest BCUT2D eigenvalue weighted by molar-refractivity contribution is 7.47. The molecule has 3 atom stereocenters. The third-order valence-electron chi connectivity index (χ3n) is 9.72. The van der Waals surface area contributed by atoms with Crippen molar-refractivity contribution in [2.75, 3.05) is 40.9 Å². The highest BCUT2D eigenvalue weighted by Gasteiger charge is 2.27. The Bertz CT molecular complexity index is 1100. The van der Waals surface area contributed by atoms with Gasteiger partial charge in [-0.3, -0.25) is 13.8 Å². The van der Waals surface area contributed by atoms with Gasteiger partial charge in [-0.2, -0.15) is 0 Å². The Hall–Kier alpha value is -1.80. The van der Waals surface area contributed by atoms with E-state index >= 15 is 0 Å². The first kappa shape index (κ1) is 54.2. The van der Waals surface area contributed by atoms with Gasteiger partial charge in [-0.05, 0) is 64.2 Å². The van der Waals surface area contributed by atoms with E-state index in [2.05, 4.69) is 67.8 Å². The average Bonchev–Trinajstić information content (AvgIpc) is 3.15. The van der Waals surface area contributed by atoms with Crippen LogP contribution in [0.1, 0.15) is 181 Å². The van der Waals surface area contributed by atoms with E-state index in [1.54, 1.807) is 6.08 Å². The number of quaternary nitrogens is 1. The number of phosphoric acid groups is 1. The van der Waals surface area contributed by atoms with Gasteiger partial charge >= 0.3 is 7.82 Å². The smallest absolute Gasteiger partial charge is 0.387 e. The lowest BCUT2D eigenvalue weighted by atomic mass is 10.0. The molecule has 3 unspecified atom stereocenters. The number of rotatable bonds is 40. The van der Waals surface area contributed by atoms with Gasteiger partial charge in [-0.25, -0.2) is 4.57 Å². The van der Waals surface area contributed by atoms with Crippen molar-refractivity contribution in [1.29, 1.82) is 0 Å². The molecule has 0 spiro atoms. The molecule has 56 heavy (non-hydrogen) atoms. The van der Waals surface area contributed by atoms with Crippen LogP contribution in [0, 0.1) is 0 Å². The molecule has 0 aliphatic rings. The maximum absolute atomic E-state index is 12.8. The van der Waals surface area contributed by atoms with Crippen LogP contribution in [-0.2, 0) is 18.4 Å².